The highest BCUT2D eigenvalue weighted by molar-refractivity contribution is 5.46. The van der Waals surface area contributed by atoms with Crippen molar-refractivity contribution in [3.8, 4) is 0 Å². The van der Waals surface area contributed by atoms with Crippen LogP contribution in [0.25, 0.3) is 0 Å². The van der Waals surface area contributed by atoms with Gasteiger partial charge in [0.2, 0.25) is 0 Å². The molecule has 0 unspecified atom stereocenters. The maximum Gasteiger partial charge on any atom is 0.146 e. The van der Waals surface area contributed by atoms with Gasteiger partial charge in [0.25, 0.3) is 0 Å². The van der Waals surface area contributed by atoms with Gasteiger partial charge in [-0.05, 0) is 31.2 Å². The summed E-state index contributed by atoms with van der Waals surface area (Å²) < 4.78 is 15.0. The fourth-order valence-corrected chi connectivity index (χ4v) is 1.89. The lowest BCUT2D eigenvalue weighted by Gasteiger charge is -2.24. The van der Waals surface area contributed by atoms with Gasteiger partial charge in [0.15, 0.2) is 0 Å². The lowest BCUT2D eigenvalue weighted by Crippen LogP contribution is -2.27. The van der Waals surface area contributed by atoms with Crippen molar-refractivity contribution in [3.05, 3.63) is 42.2 Å². The minimum atomic E-state index is -0.242. The molecule has 1 aromatic heterocycles. The van der Waals surface area contributed by atoms with E-state index < -0.39 is 0 Å². The molecule has 19 heavy (non-hydrogen) atoms. The van der Waals surface area contributed by atoms with Gasteiger partial charge in [-0.1, -0.05) is 6.07 Å². The third kappa shape index (κ3) is 3.51. The molecule has 0 aliphatic carbocycles. The fraction of sp³-hybridized carbons (Fsp3) is 0.385. The Morgan fingerprint density at radius 3 is 2.89 bits per heavy atom. The van der Waals surface area contributed by atoms with Crippen LogP contribution < -0.4 is 10.6 Å². The number of hydrogen-bond acceptors (Lipinski definition) is 4. The molecule has 2 aromatic rings. The Bertz CT molecular complexity index is 525. The number of halogens is 1. The van der Waals surface area contributed by atoms with Crippen LogP contribution in [0.15, 0.2) is 30.6 Å². The van der Waals surface area contributed by atoms with Gasteiger partial charge in [0.1, 0.15) is 18.0 Å². The second-order valence-electron chi connectivity index (χ2n) is 4.34. The minimum Gasteiger partial charge on any atom is -0.364 e. The molecule has 2 rings (SSSR count). The molecule has 5 nitrogen and oxygen atoms in total. The molecule has 2 N–H and O–H groups in total. The lowest BCUT2D eigenvalue weighted by atomic mass is 10.2. The van der Waals surface area contributed by atoms with Crippen molar-refractivity contribution >= 4 is 5.69 Å². The van der Waals surface area contributed by atoms with Crippen molar-refractivity contribution in [1.82, 2.24) is 14.8 Å². The van der Waals surface area contributed by atoms with Crippen molar-refractivity contribution in [2.24, 2.45) is 12.8 Å². The normalized spacial score (nSPS) is 10.7. The third-order valence-electron chi connectivity index (χ3n) is 2.94. The molecule has 0 bridgehead atoms. The first-order chi connectivity index (χ1) is 9.20. The zero-order valence-corrected chi connectivity index (χ0v) is 11.0. The minimum absolute atomic E-state index is 0.242. The van der Waals surface area contributed by atoms with E-state index in [0.717, 1.165) is 24.5 Å². The predicted molar refractivity (Wildman–Crippen MR) is 72.1 cm³/mol. The van der Waals surface area contributed by atoms with E-state index >= 15 is 0 Å². The Morgan fingerprint density at radius 1 is 1.42 bits per heavy atom. The van der Waals surface area contributed by atoms with Crippen LogP contribution in [0.4, 0.5) is 10.1 Å². The van der Waals surface area contributed by atoms with Crippen LogP contribution in [0.1, 0.15) is 12.2 Å². The van der Waals surface area contributed by atoms with E-state index in [2.05, 4.69) is 15.0 Å². The van der Waals surface area contributed by atoms with E-state index in [1.807, 2.05) is 13.1 Å². The summed E-state index contributed by atoms with van der Waals surface area (Å²) in [5, 5.41) is 4.04. The first kappa shape index (κ1) is 13.5. The van der Waals surface area contributed by atoms with Crippen molar-refractivity contribution in [2.75, 3.05) is 18.0 Å². The van der Waals surface area contributed by atoms with Crippen molar-refractivity contribution in [2.45, 2.75) is 13.0 Å². The summed E-state index contributed by atoms with van der Waals surface area (Å²) in [4.78, 5) is 6.25. The number of rotatable bonds is 6. The lowest BCUT2D eigenvalue weighted by molar-refractivity contribution is 0.622. The largest absolute Gasteiger partial charge is 0.364 e. The van der Waals surface area contributed by atoms with Crippen LogP contribution in [-0.2, 0) is 13.6 Å². The zero-order valence-electron chi connectivity index (χ0n) is 11.0. The second-order valence-corrected chi connectivity index (χ2v) is 4.34. The maximum absolute atomic E-state index is 13.3. The van der Waals surface area contributed by atoms with E-state index in [9.17, 15) is 4.39 Å². The Balaban J connectivity index is 2.18. The van der Waals surface area contributed by atoms with Crippen LogP contribution in [0.2, 0.25) is 0 Å². The fourth-order valence-electron chi connectivity index (χ4n) is 1.89. The number of hydrogen-bond donors (Lipinski definition) is 1. The number of nitrogens with two attached hydrogens (primary N) is 1. The topological polar surface area (TPSA) is 60.0 Å². The van der Waals surface area contributed by atoms with E-state index in [0.29, 0.717) is 13.1 Å². The molecule has 0 fully saturated rings. The molecule has 6 heteroatoms. The van der Waals surface area contributed by atoms with Crippen LogP contribution in [-0.4, -0.2) is 27.9 Å². The molecule has 0 spiro atoms. The highest BCUT2D eigenvalue weighted by Gasteiger charge is 2.11. The molecule has 0 radical (unpaired) electrons. The molecule has 0 aliphatic heterocycles. The average Bonchev–Trinajstić information content (AvgIpc) is 2.80. The molecule has 0 saturated heterocycles. The van der Waals surface area contributed by atoms with Crippen LogP contribution in [0.3, 0.4) is 0 Å². The van der Waals surface area contributed by atoms with Gasteiger partial charge in [0.05, 0.1) is 6.54 Å². The molecule has 0 atom stereocenters. The monoisotopic (exact) mass is 263 g/mol. The van der Waals surface area contributed by atoms with Crippen molar-refractivity contribution in [3.63, 3.8) is 0 Å². The Labute approximate surface area is 111 Å². The molecule has 0 amide bonds. The summed E-state index contributed by atoms with van der Waals surface area (Å²) in [7, 11) is 1.84. The number of aromatic nitrogens is 3. The number of anilines is 1. The summed E-state index contributed by atoms with van der Waals surface area (Å²) in [6, 6.07) is 6.55. The first-order valence-electron chi connectivity index (χ1n) is 6.24. The molecule has 1 heterocycles. The average molecular weight is 263 g/mol. The van der Waals surface area contributed by atoms with Crippen molar-refractivity contribution < 1.29 is 4.39 Å². The Kier molecular flexibility index (Phi) is 4.46. The SMILES string of the molecule is Cn1ncnc1CN(CCCN)c1cccc(F)c1. The molecular formula is C13H18FN5. The van der Waals surface area contributed by atoms with Gasteiger partial charge in [0, 0.05) is 19.3 Å². The van der Waals surface area contributed by atoms with Gasteiger partial charge >= 0.3 is 0 Å². The van der Waals surface area contributed by atoms with Gasteiger partial charge < -0.3 is 10.6 Å². The summed E-state index contributed by atoms with van der Waals surface area (Å²) in [6.45, 7) is 1.94. The van der Waals surface area contributed by atoms with Crippen LogP contribution in [0, 0.1) is 5.82 Å². The van der Waals surface area contributed by atoms with E-state index in [-0.39, 0.29) is 5.82 Å². The first-order valence-corrected chi connectivity index (χ1v) is 6.24. The summed E-state index contributed by atoms with van der Waals surface area (Å²) >= 11 is 0. The highest BCUT2D eigenvalue weighted by Crippen LogP contribution is 2.17. The molecule has 1 aromatic carbocycles. The van der Waals surface area contributed by atoms with E-state index in [1.54, 1.807) is 10.7 Å². The Morgan fingerprint density at radius 2 is 2.26 bits per heavy atom. The summed E-state index contributed by atoms with van der Waals surface area (Å²) in [5.74, 6) is 0.592. The molecule has 102 valence electrons. The summed E-state index contributed by atoms with van der Waals surface area (Å²) in [5.41, 5.74) is 6.38. The second kappa shape index (κ2) is 6.29. The quantitative estimate of drug-likeness (QED) is 0.853. The number of nitrogens with zero attached hydrogens (tertiary/aromatic N) is 4. The van der Waals surface area contributed by atoms with Gasteiger partial charge in [-0.2, -0.15) is 5.10 Å². The van der Waals surface area contributed by atoms with E-state index in [1.165, 1.54) is 18.5 Å². The molecular weight excluding hydrogens is 245 g/mol. The number of benzene rings is 1. The standard InChI is InChI=1S/C13H18FN5/c1-18-13(16-10-17-18)9-19(7-3-6-15)12-5-2-4-11(14)8-12/h2,4-5,8,10H,3,6-7,9,15H2,1H3. The van der Waals surface area contributed by atoms with Crippen LogP contribution in [0.5, 0.6) is 0 Å². The smallest absolute Gasteiger partial charge is 0.146 e. The molecule has 0 aliphatic rings. The zero-order chi connectivity index (χ0) is 13.7. The van der Waals surface area contributed by atoms with Gasteiger partial charge in [-0.25, -0.2) is 9.37 Å². The predicted octanol–water partition coefficient (Wildman–Crippen LogP) is 1.31. The molecule has 0 saturated carbocycles. The third-order valence-corrected chi connectivity index (χ3v) is 2.94. The maximum atomic E-state index is 13.3. The van der Waals surface area contributed by atoms with Crippen molar-refractivity contribution in [1.29, 1.82) is 0 Å². The van der Waals surface area contributed by atoms with Crippen LogP contribution >= 0.6 is 0 Å². The Hall–Kier alpha value is -1.95. The van der Waals surface area contributed by atoms with Gasteiger partial charge in [-0.15, -0.1) is 0 Å². The van der Waals surface area contributed by atoms with Gasteiger partial charge in [-0.3, -0.25) is 4.68 Å². The summed E-state index contributed by atoms with van der Waals surface area (Å²) in [6.07, 6.45) is 2.36. The highest BCUT2D eigenvalue weighted by atomic mass is 19.1. The number of aryl methyl sites for hydroxylation is 1. The van der Waals surface area contributed by atoms with E-state index in [4.69, 9.17) is 5.73 Å².